The Morgan fingerprint density at radius 1 is 1.26 bits per heavy atom. The third-order valence-electron chi connectivity index (χ3n) is 5.95. The molecule has 0 fully saturated rings. The molecule has 31 heavy (non-hydrogen) atoms. The Kier molecular flexibility index (Phi) is 6.70. The highest BCUT2D eigenvalue weighted by molar-refractivity contribution is 7.18. The number of nitrogens with one attached hydrogen (secondary N) is 1. The van der Waals surface area contributed by atoms with Gasteiger partial charge in [0, 0.05) is 23.9 Å². The second-order valence-corrected chi connectivity index (χ2v) is 9.32. The molecule has 1 aliphatic carbocycles. The van der Waals surface area contributed by atoms with Gasteiger partial charge in [-0.2, -0.15) is 0 Å². The number of hydrogen-bond acceptors (Lipinski definition) is 5. The molecule has 0 saturated carbocycles. The Balaban J connectivity index is 1.31. The van der Waals surface area contributed by atoms with Crippen molar-refractivity contribution in [1.82, 2.24) is 14.9 Å². The lowest BCUT2D eigenvalue weighted by molar-refractivity contribution is -0.121. The lowest BCUT2D eigenvalue weighted by Gasteiger charge is -2.14. The predicted octanol–water partition coefficient (Wildman–Crippen LogP) is 3.87. The van der Waals surface area contributed by atoms with E-state index in [1.807, 2.05) is 31.2 Å². The van der Waals surface area contributed by atoms with Gasteiger partial charge in [0.15, 0.2) is 0 Å². The minimum Gasteiger partial charge on any atom is -0.497 e. The van der Waals surface area contributed by atoms with Gasteiger partial charge in [0.2, 0.25) is 5.91 Å². The fourth-order valence-electron chi connectivity index (χ4n) is 4.16. The zero-order valence-electron chi connectivity index (χ0n) is 18.1. The highest BCUT2D eigenvalue weighted by Crippen LogP contribution is 2.33. The summed E-state index contributed by atoms with van der Waals surface area (Å²) >= 11 is 1.65. The van der Waals surface area contributed by atoms with Gasteiger partial charge in [-0.05, 0) is 68.7 Å². The average Bonchev–Trinajstić information content (AvgIpc) is 3.17. The van der Waals surface area contributed by atoms with E-state index in [1.54, 1.807) is 29.3 Å². The van der Waals surface area contributed by atoms with E-state index < -0.39 is 0 Å². The van der Waals surface area contributed by atoms with Gasteiger partial charge in [-0.3, -0.25) is 14.2 Å². The summed E-state index contributed by atoms with van der Waals surface area (Å²) in [5, 5.41) is 3.82. The van der Waals surface area contributed by atoms with Gasteiger partial charge < -0.3 is 10.1 Å². The first-order valence-electron chi connectivity index (χ1n) is 11.0. The molecule has 0 bridgehead atoms. The SMILES string of the molecule is COc1ccc(CCC(C)NC(=O)CCn2cnc3sc4c(c3c2=O)CCCC4)cc1. The molecule has 7 heteroatoms. The van der Waals surface area contributed by atoms with Crippen molar-refractivity contribution in [3.8, 4) is 5.75 Å². The third-order valence-corrected chi connectivity index (χ3v) is 7.15. The molecule has 2 heterocycles. The molecule has 0 saturated heterocycles. The first kappa shape index (κ1) is 21.6. The second kappa shape index (κ2) is 9.64. The number of amides is 1. The standard InChI is InChI=1S/C24H29N3O3S/c1-16(7-8-17-9-11-18(30-2)12-10-17)26-21(28)13-14-27-15-25-23-22(24(27)29)19-5-3-4-6-20(19)31-23/h9-12,15-16H,3-8,13-14H2,1-2H3,(H,26,28). The summed E-state index contributed by atoms with van der Waals surface area (Å²) in [6, 6.07) is 8.06. The summed E-state index contributed by atoms with van der Waals surface area (Å²) in [5.41, 5.74) is 2.39. The molecule has 1 aromatic carbocycles. The number of rotatable bonds is 8. The number of aromatic nitrogens is 2. The maximum Gasteiger partial charge on any atom is 0.262 e. The summed E-state index contributed by atoms with van der Waals surface area (Å²) in [4.78, 5) is 32.1. The van der Waals surface area contributed by atoms with Crippen LogP contribution in [-0.4, -0.2) is 28.6 Å². The van der Waals surface area contributed by atoms with E-state index in [0.717, 1.165) is 48.1 Å². The van der Waals surface area contributed by atoms with Gasteiger partial charge in [0.1, 0.15) is 10.6 Å². The van der Waals surface area contributed by atoms with Crippen molar-refractivity contribution in [2.75, 3.05) is 7.11 Å². The van der Waals surface area contributed by atoms with Crippen LogP contribution in [0.25, 0.3) is 10.2 Å². The monoisotopic (exact) mass is 439 g/mol. The van der Waals surface area contributed by atoms with Gasteiger partial charge >= 0.3 is 0 Å². The highest BCUT2D eigenvalue weighted by Gasteiger charge is 2.20. The van der Waals surface area contributed by atoms with Crippen LogP contribution < -0.4 is 15.6 Å². The molecule has 0 aliphatic heterocycles. The molecule has 0 radical (unpaired) electrons. The molecular weight excluding hydrogens is 410 g/mol. The number of fused-ring (bicyclic) bond motifs is 3. The van der Waals surface area contributed by atoms with Crippen LogP contribution in [-0.2, 0) is 30.6 Å². The number of aryl methyl sites for hydroxylation is 4. The molecule has 6 nitrogen and oxygen atoms in total. The molecule has 4 rings (SSSR count). The second-order valence-electron chi connectivity index (χ2n) is 8.24. The number of carbonyl (C=O) groups excluding carboxylic acids is 1. The van der Waals surface area contributed by atoms with E-state index in [0.29, 0.717) is 6.54 Å². The highest BCUT2D eigenvalue weighted by atomic mass is 32.1. The normalized spacial score (nSPS) is 14.3. The number of nitrogens with zero attached hydrogens (tertiary/aromatic N) is 2. The van der Waals surface area contributed by atoms with E-state index in [9.17, 15) is 9.59 Å². The van der Waals surface area contributed by atoms with Gasteiger partial charge in [-0.1, -0.05) is 12.1 Å². The van der Waals surface area contributed by atoms with Gasteiger partial charge in [-0.25, -0.2) is 4.98 Å². The van der Waals surface area contributed by atoms with Crippen LogP contribution in [0.4, 0.5) is 0 Å². The number of carbonyl (C=O) groups is 1. The van der Waals surface area contributed by atoms with Crippen LogP contribution in [0.2, 0.25) is 0 Å². The summed E-state index contributed by atoms with van der Waals surface area (Å²) in [5.74, 6) is 0.803. The summed E-state index contributed by atoms with van der Waals surface area (Å²) in [6.07, 6.45) is 7.92. The Labute approximate surface area is 186 Å². The van der Waals surface area contributed by atoms with Crippen molar-refractivity contribution in [1.29, 1.82) is 0 Å². The molecular formula is C24H29N3O3S. The number of ether oxygens (including phenoxy) is 1. The quantitative estimate of drug-likeness (QED) is 0.578. The molecule has 1 N–H and O–H groups in total. The number of benzene rings is 1. The van der Waals surface area contributed by atoms with Crippen LogP contribution in [0.3, 0.4) is 0 Å². The predicted molar refractivity (Wildman–Crippen MR) is 124 cm³/mol. The molecule has 1 atom stereocenters. The van der Waals surface area contributed by atoms with Crippen LogP contribution in [0.1, 0.15) is 48.6 Å². The largest absolute Gasteiger partial charge is 0.497 e. The first-order chi connectivity index (χ1) is 15.0. The zero-order chi connectivity index (χ0) is 21.8. The van der Waals surface area contributed by atoms with Crippen LogP contribution >= 0.6 is 11.3 Å². The Bertz CT molecular complexity index is 1120. The van der Waals surface area contributed by atoms with Crippen LogP contribution in [0.5, 0.6) is 5.75 Å². The Hall–Kier alpha value is -2.67. The van der Waals surface area contributed by atoms with E-state index in [1.165, 1.54) is 22.4 Å². The molecule has 3 aromatic rings. The smallest absolute Gasteiger partial charge is 0.262 e. The average molecular weight is 440 g/mol. The molecule has 0 spiro atoms. The van der Waals surface area contributed by atoms with E-state index in [-0.39, 0.29) is 23.9 Å². The number of thiophene rings is 1. The van der Waals surface area contributed by atoms with Crippen molar-refractivity contribution >= 4 is 27.5 Å². The molecule has 1 aliphatic rings. The van der Waals surface area contributed by atoms with Crippen molar-refractivity contribution < 1.29 is 9.53 Å². The maximum absolute atomic E-state index is 13.0. The molecule has 2 aromatic heterocycles. The minimum atomic E-state index is -0.0402. The van der Waals surface area contributed by atoms with Crippen molar-refractivity contribution in [3.63, 3.8) is 0 Å². The van der Waals surface area contributed by atoms with Crippen LogP contribution in [0, 0.1) is 0 Å². The van der Waals surface area contributed by atoms with Crippen molar-refractivity contribution in [3.05, 3.63) is 57.0 Å². The zero-order valence-corrected chi connectivity index (χ0v) is 19.0. The number of hydrogen-bond donors (Lipinski definition) is 1. The van der Waals surface area contributed by atoms with E-state index >= 15 is 0 Å². The molecule has 164 valence electrons. The minimum absolute atomic E-state index is 0.00949. The van der Waals surface area contributed by atoms with Gasteiger partial charge in [0.05, 0.1) is 18.8 Å². The third kappa shape index (κ3) is 4.98. The van der Waals surface area contributed by atoms with Crippen molar-refractivity contribution in [2.45, 2.75) is 64.5 Å². The summed E-state index contributed by atoms with van der Waals surface area (Å²) < 4.78 is 6.77. The van der Waals surface area contributed by atoms with Crippen molar-refractivity contribution in [2.24, 2.45) is 0 Å². The molecule has 1 amide bonds. The Morgan fingerprint density at radius 3 is 2.81 bits per heavy atom. The summed E-state index contributed by atoms with van der Waals surface area (Å²) in [6.45, 7) is 2.36. The lowest BCUT2D eigenvalue weighted by atomic mass is 9.97. The molecule has 1 unspecified atom stereocenters. The number of methoxy groups -OCH3 is 1. The maximum atomic E-state index is 13.0. The fourth-order valence-corrected chi connectivity index (χ4v) is 5.38. The van der Waals surface area contributed by atoms with Crippen LogP contribution in [0.15, 0.2) is 35.4 Å². The fraction of sp³-hybridized carbons (Fsp3) is 0.458. The van der Waals surface area contributed by atoms with E-state index in [2.05, 4.69) is 10.3 Å². The van der Waals surface area contributed by atoms with E-state index in [4.69, 9.17) is 4.74 Å². The lowest BCUT2D eigenvalue weighted by Crippen LogP contribution is -2.34. The van der Waals surface area contributed by atoms with Gasteiger partial charge in [0.25, 0.3) is 5.56 Å². The Morgan fingerprint density at radius 2 is 2.03 bits per heavy atom. The first-order valence-corrected chi connectivity index (χ1v) is 11.8. The van der Waals surface area contributed by atoms with Gasteiger partial charge in [-0.15, -0.1) is 11.3 Å². The topological polar surface area (TPSA) is 73.2 Å². The summed E-state index contributed by atoms with van der Waals surface area (Å²) in [7, 11) is 1.66.